The largest absolute Gasteiger partial charge is 0.426 e. The molecule has 0 bridgehead atoms. The van der Waals surface area contributed by atoms with Crippen molar-refractivity contribution in [3.63, 3.8) is 0 Å². The summed E-state index contributed by atoms with van der Waals surface area (Å²) in [6, 6.07) is 14.9. The second-order valence-corrected chi connectivity index (χ2v) is 5.65. The Morgan fingerprint density at radius 3 is 2.52 bits per heavy atom. The van der Waals surface area contributed by atoms with Crippen molar-refractivity contribution in [2.75, 3.05) is 4.90 Å². The maximum atomic E-state index is 12.9. The van der Waals surface area contributed by atoms with Crippen LogP contribution >= 0.6 is 0 Å². The van der Waals surface area contributed by atoms with Gasteiger partial charge in [0.25, 0.3) is 5.91 Å². The summed E-state index contributed by atoms with van der Waals surface area (Å²) >= 11 is 0. The molecule has 2 aromatic rings. The molecule has 0 aromatic heterocycles. The summed E-state index contributed by atoms with van der Waals surface area (Å²) in [7, 11) is 0. The number of ether oxygens (including phenoxy) is 1. The molecule has 0 radical (unpaired) electrons. The second-order valence-electron chi connectivity index (χ2n) is 5.65. The molecule has 118 valence electrons. The Labute approximate surface area is 135 Å². The van der Waals surface area contributed by atoms with Crippen LogP contribution in [0.2, 0.25) is 0 Å². The number of hydrogen-bond donors (Lipinski definition) is 0. The van der Waals surface area contributed by atoms with Gasteiger partial charge in [-0.1, -0.05) is 31.2 Å². The first-order chi connectivity index (χ1) is 11.1. The molecule has 0 fully saturated rings. The lowest BCUT2D eigenvalue weighted by molar-refractivity contribution is -0.131. The minimum absolute atomic E-state index is 0.0174. The molecule has 0 aliphatic carbocycles. The third-order valence-electron chi connectivity index (χ3n) is 4.14. The molecule has 4 nitrogen and oxygen atoms in total. The molecule has 4 heteroatoms. The quantitative estimate of drug-likeness (QED) is 0.643. The van der Waals surface area contributed by atoms with Crippen LogP contribution in [0.1, 0.15) is 36.2 Å². The van der Waals surface area contributed by atoms with Gasteiger partial charge in [-0.05, 0) is 37.1 Å². The van der Waals surface area contributed by atoms with E-state index < -0.39 is 0 Å². The molecule has 1 aliphatic rings. The van der Waals surface area contributed by atoms with Gasteiger partial charge >= 0.3 is 5.97 Å². The van der Waals surface area contributed by atoms with Crippen molar-refractivity contribution in [1.29, 1.82) is 0 Å². The van der Waals surface area contributed by atoms with Crippen LogP contribution < -0.4 is 9.64 Å². The summed E-state index contributed by atoms with van der Waals surface area (Å²) in [4.78, 5) is 26.1. The fourth-order valence-electron chi connectivity index (χ4n) is 3.08. The molecule has 1 unspecified atom stereocenters. The number of amides is 1. The van der Waals surface area contributed by atoms with Crippen molar-refractivity contribution in [2.24, 2.45) is 0 Å². The van der Waals surface area contributed by atoms with Gasteiger partial charge in [-0.3, -0.25) is 9.59 Å². The summed E-state index contributed by atoms with van der Waals surface area (Å²) in [5.41, 5.74) is 2.43. The molecule has 0 saturated carbocycles. The van der Waals surface area contributed by atoms with Gasteiger partial charge in [0, 0.05) is 24.1 Å². The average molecular weight is 309 g/mol. The van der Waals surface area contributed by atoms with Gasteiger partial charge in [0.05, 0.1) is 5.69 Å². The lowest BCUT2D eigenvalue weighted by Crippen LogP contribution is -2.37. The van der Waals surface area contributed by atoms with E-state index in [4.69, 9.17) is 4.74 Å². The van der Waals surface area contributed by atoms with E-state index in [0.29, 0.717) is 17.7 Å². The lowest BCUT2D eigenvalue weighted by atomic mass is 10.1. The number of nitrogens with zero attached hydrogens (tertiary/aromatic N) is 1. The van der Waals surface area contributed by atoms with Gasteiger partial charge < -0.3 is 9.64 Å². The van der Waals surface area contributed by atoms with Gasteiger partial charge in [-0.2, -0.15) is 0 Å². The maximum Gasteiger partial charge on any atom is 0.308 e. The molecule has 1 aliphatic heterocycles. The van der Waals surface area contributed by atoms with E-state index in [-0.39, 0.29) is 17.9 Å². The maximum absolute atomic E-state index is 12.9. The van der Waals surface area contributed by atoms with Crippen LogP contribution in [-0.4, -0.2) is 17.9 Å². The molecule has 1 atom stereocenters. The Morgan fingerprint density at radius 1 is 1.13 bits per heavy atom. The SMILES string of the molecule is CCC1Cc2c(OC(C)=O)cccc2N1C(=O)c1ccccc1. The Morgan fingerprint density at radius 2 is 1.87 bits per heavy atom. The summed E-state index contributed by atoms with van der Waals surface area (Å²) in [5, 5.41) is 0. The standard InChI is InChI=1S/C19H19NO3/c1-3-15-12-16-17(10-7-11-18(16)23-13(2)21)20(15)19(22)14-8-5-4-6-9-14/h4-11,15H,3,12H2,1-2H3. The van der Waals surface area contributed by atoms with Crippen LogP contribution in [0.25, 0.3) is 0 Å². The van der Waals surface area contributed by atoms with Crippen molar-refractivity contribution < 1.29 is 14.3 Å². The van der Waals surface area contributed by atoms with E-state index in [1.165, 1.54) is 6.92 Å². The van der Waals surface area contributed by atoms with E-state index in [9.17, 15) is 9.59 Å². The predicted octanol–water partition coefficient (Wildman–Crippen LogP) is 3.59. The number of carbonyl (C=O) groups excluding carboxylic acids is 2. The Kier molecular flexibility index (Phi) is 4.15. The van der Waals surface area contributed by atoms with Crippen molar-refractivity contribution in [3.8, 4) is 5.75 Å². The fourth-order valence-corrected chi connectivity index (χ4v) is 3.08. The minimum Gasteiger partial charge on any atom is -0.426 e. The molecule has 1 heterocycles. The zero-order valence-corrected chi connectivity index (χ0v) is 13.3. The number of rotatable bonds is 3. The monoisotopic (exact) mass is 309 g/mol. The number of hydrogen-bond acceptors (Lipinski definition) is 3. The number of benzene rings is 2. The number of fused-ring (bicyclic) bond motifs is 1. The molecule has 0 saturated heterocycles. The van der Waals surface area contributed by atoms with Crippen LogP contribution in [0.3, 0.4) is 0 Å². The second kappa shape index (κ2) is 6.24. The van der Waals surface area contributed by atoms with Crippen molar-refractivity contribution >= 4 is 17.6 Å². The summed E-state index contributed by atoms with van der Waals surface area (Å²) in [6.07, 6.45) is 1.54. The molecule has 1 amide bonds. The smallest absolute Gasteiger partial charge is 0.308 e. The average Bonchev–Trinajstić information content (AvgIpc) is 2.94. The van der Waals surface area contributed by atoms with Gasteiger partial charge in [0.2, 0.25) is 0 Å². The van der Waals surface area contributed by atoms with Gasteiger partial charge in [-0.25, -0.2) is 0 Å². The molecule has 3 rings (SSSR count). The highest BCUT2D eigenvalue weighted by Crippen LogP contribution is 2.40. The summed E-state index contributed by atoms with van der Waals surface area (Å²) < 4.78 is 5.31. The highest BCUT2D eigenvalue weighted by Gasteiger charge is 2.35. The van der Waals surface area contributed by atoms with Crippen LogP contribution in [0, 0.1) is 0 Å². The van der Waals surface area contributed by atoms with E-state index in [1.807, 2.05) is 47.4 Å². The van der Waals surface area contributed by atoms with Crippen molar-refractivity contribution in [2.45, 2.75) is 32.7 Å². The third kappa shape index (κ3) is 2.84. The molecule has 2 aromatic carbocycles. The Balaban J connectivity index is 2.02. The number of carbonyl (C=O) groups is 2. The fraction of sp³-hybridized carbons (Fsp3) is 0.263. The summed E-state index contributed by atoms with van der Waals surface area (Å²) in [5.74, 6) is 0.187. The topological polar surface area (TPSA) is 46.6 Å². The van der Waals surface area contributed by atoms with E-state index in [1.54, 1.807) is 6.07 Å². The number of anilines is 1. The van der Waals surface area contributed by atoms with E-state index in [0.717, 1.165) is 17.7 Å². The van der Waals surface area contributed by atoms with E-state index >= 15 is 0 Å². The predicted molar refractivity (Wildman–Crippen MR) is 88.8 cm³/mol. The first-order valence-corrected chi connectivity index (χ1v) is 7.80. The van der Waals surface area contributed by atoms with Crippen LogP contribution in [0.15, 0.2) is 48.5 Å². The molecule has 0 N–H and O–H groups in total. The van der Waals surface area contributed by atoms with Gasteiger partial charge in [0.1, 0.15) is 5.75 Å². The highest BCUT2D eigenvalue weighted by atomic mass is 16.5. The zero-order chi connectivity index (χ0) is 16.4. The van der Waals surface area contributed by atoms with Crippen LogP contribution in [0.5, 0.6) is 5.75 Å². The van der Waals surface area contributed by atoms with Crippen molar-refractivity contribution in [3.05, 3.63) is 59.7 Å². The number of esters is 1. The summed E-state index contributed by atoms with van der Waals surface area (Å²) in [6.45, 7) is 3.45. The molecule has 0 spiro atoms. The highest BCUT2D eigenvalue weighted by molar-refractivity contribution is 6.08. The van der Waals surface area contributed by atoms with Gasteiger partial charge in [0.15, 0.2) is 0 Å². The van der Waals surface area contributed by atoms with Crippen LogP contribution in [0.4, 0.5) is 5.69 Å². The third-order valence-corrected chi connectivity index (χ3v) is 4.14. The van der Waals surface area contributed by atoms with Gasteiger partial charge in [-0.15, -0.1) is 0 Å². The molecular formula is C19H19NO3. The Bertz CT molecular complexity index is 740. The van der Waals surface area contributed by atoms with Crippen molar-refractivity contribution in [1.82, 2.24) is 0 Å². The first kappa shape index (κ1) is 15.3. The molecular weight excluding hydrogens is 290 g/mol. The minimum atomic E-state index is -0.348. The lowest BCUT2D eigenvalue weighted by Gasteiger charge is -2.24. The molecule has 23 heavy (non-hydrogen) atoms. The van der Waals surface area contributed by atoms with E-state index in [2.05, 4.69) is 6.92 Å². The van der Waals surface area contributed by atoms with Crippen LogP contribution in [-0.2, 0) is 11.2 Å². The zero-order valence-electron chi connectivity index (χ0n) is 13.3. The first-order valence-electron chi connectivity index (χ1n) is 7.80. The Hall–Kier alpha value is -2.62. The normalized spacial score (nSPS) is 16.1.